The lowest BCUT2D eigenvalue weighted by atomic mass is 9.79. The van der Waals surface area contributed by atoms with Crippen LogP contribution in [0.15, 0.2) is 18.6 Å². The third-order valence-electron chi connectivity index (χ3n) is 6.29. The molecule has 142 valence electrons. The molecule has 0 aromatic carbocycles. The molecular weight excluding hydrogens is 342 g/mol. The van der Waals surface area contributed by atoms with Gasteiger partial charge in [-0.05, 0) is 55.8 Å². The number of hydrogen-bond acceptors (Lipinski definition) is 4. The number of aromatic nitrogens is 3. The summed E-state index contributed by atoms with van der Waals surface area (Å²) in [5.74, 6) is 0.818. The summed E-state index contributed by atoms with van der Waals surface area (Å²) >= 11 is 0. The zero-order chi connectivity index (χ0) is 18.9. The van der Waals surface area contributed by atoms with Gasteiger partial charge < -0.3 is 9.41 Å². The summed E-state index contributed by atoms with van der Waals surface area (Å²) in [5.41, 5.74) is 1.30. The molecule has 6 heteroatoms. The van der Waals surface area contributed by atoms with Crippen LogP contribution in [-0.4, -0.2) is 35.7 Å². The van der Waals surface area contributed by atoms with Crippen LogP contribution in [0.5, 0.6) is 0 Å². The second-order valence-corrected chi connectivity index (χ2v) is 13.9. The van der Waals surface area contributed by atoms with E-state index < -0.39 is 8.32 Å². The van der Waals surface area contributed by atoms with Crippen molar-refractivity contribution in [2.45, 2.75) is 64.6 Å². The molecule has 0 bridgehead atoms. The lowest BCUT2D eigenvalue weighted by molar-refractivity contribution is 0.0846. The van der Waals surface area contributed by atoms with Gasteiger partial charge in [0.15, 0.2) is 14.1 Å². The quantitative estimate of drug-likeness (QED) is 0.593. The van der Waals surface area contributed by atoms with Crippen LogP contribution in [0.3, 0.4) is 0 Å². The summed E-state index contributed by atoms with van der Waals surface area (Å²) in [6.07, 6.45) is 7.27. The number of nitrogens with one attached hydrogen (secondary N) is 1. The molecule has 0 unspecified atom stereocenters. The topological polar surface area (TPSA) is 67.9 Å². The number of H-pyrrole nitrogens is 1. The van der Waals surface area contributed by atoms with Crippen molar-refractivity contribution in [1.82, 2.24) is 15.0 Å². The lowest BCUT2D eigenvalue weighted by Crippen LogP contribution is -2.42. The summed E-state index contributed by atoms with van der Waals surface area (Å²) in [7, 11) is -1.69. The average Bonchev–Trinajstić information content (AvgIpc) is 3.07. The van der Waals surface area contributed by atoms with E-state index in [1.165, 1.54) is 6.33 Å². The standard InChI is InChI=1S/C20H31N3O2Si/c1-20(2,3)26(4,5)25-12-14-6-8-15(9-7-14)18(24)17-16-10-11-21-19(16)23-13-22-17/h10-11,13-15H,6-9,12H2,1-5H3,(H,21,22,23)/t14-,15+. The number of aromatic amines is 1. The van der Waals surface area contributed by atoms with E-state index in [-0.39, 0.29) is 16.7 Å². The monoisotopic (exact) mass is 373 g/mol. The number of rotatable bonds is 5. The predicted molar refractivity (Wildman–Crippen MR) is 107 cm³/mol. The molecule has 1 saturated carbocycles. The maximum absolute atomic E-state index is 12.9. The fraction of sp³-hybridized carbons (Fsp3) is 0.650. The Kier molecular flexibility index (Phi) is 5.35. The second kappa shape index (κ2) is 7.23. The van der Waals surface area contributed by atoms with Gasteiger partial charge in [0.2, 0.25) is 0 Å². The first-order valence-electron chi connectivity index (χ1n) is 9.65. The first-order valence-corrected chi connectivity index (χ1v) is 12.6. The number of carbonyl (C=O) groups is 1. The summed E-state index contributed by atoms with van der Waals surface area (Å²) < 4.78 is 6.39. The van der Waals surface area contributed by atoms with Gasteiger partial charge in [-0.3, -0.25) is 4.79 Å². The van der Waals surface area contributed by atoms with Gasteiger partial charge in [-0.1, -0.05) is 20.8 Å². The third-order valence-corrected chi connectivity index (χ3v) is 10.8. The molecule has 5 nitrogen and oxygen atoms in total. The molecule has 0 radical (unpaired) electrons. The fourth-order valence-corrected chi connectivity index (χ4v) is 4.48. The van der Waals surface area contributed by atoms with Crippen LogP contribution >= 0.6 is 0 Å². The molecule has 1 aliphatic rings. The summed E-state index contributed by atoms with van der Waals surface area (Å²) in [5, 5.41) is 1.08. The van der Waals surface area contributed by atoms with Gasteiger partial charge in [0.05, 0.1) is 0 Å². The van der Waals surface area contributed by atoms with Crippen LogP contribution in [0.4, 0.5) is 0 Å². The van der Waals surface area contributed by atoms with Crippen molar-refractivity contribution in [3.05, 3.63) is 24.3 Å². The zero-order valence-electron chi connectivity index (χ0n) is 16.6. The van der Waals surface area contributed by atoms with Gasteiger partial charge in [-0.25, -0.2) is 9.97 Å². The molecule has 1 aliphatic carbocycles. The molecule has 0 atom stereocenters. The van der Waals surface area contributed by atoms with Gasteiger partial charge >= 0.3 is 0 Å². The van der Waals surface area contributed by atoms with Gasteiger partial charge in [-0.15, -0.1) is 0 Å². The van der Waals surface area contributed by atoms with Crippen LogP contribution in [0.25, 0.3) is 11.0 Å². The fourth-order valence-electron chi connectivity index (χ4n) is 3.40. The van der Waals surface area contributed by atoms with E-state index in [4.69, 9.17) is 4.43 Å². The van der Waals surface area contributed by atoms with Crippen molar-refractivity contribution < 1.29 is 9.22 Å². The summed E-state index contributed by atoms with van der Waals surface area (Å²) in [4.78, 5) is 24.4. The average molecular weight is 374 g/mol. The molecule has 0 spiro atoms. The molecular formula is C20H31N3O2Si. The van der Waals surface area contributed by atoms with E-state index in [1.807, 2.05) is 12.3 Å². The second-order valence-electron chi connectivity index (χ2n) is 9.12. The van der Waals surface area contributed by atoms with Crippen molar-refractivity contribution in [3.8, 4) is 0 Å². The summed E-state index contributed by atoms with van der Waals surface area (Å²) in [6.45, 7) is 12.3. The molecule has 2 heterocycles. The molecule has 1 N–H and O–H groups in total. The maximum atomic E-state index is 12.9. The molecule has 2 aromatic heterocycles. The van der Waals surface area contributed by atoms with Crippen molar-refractivity contribution in [1.29, 1.82) is 0 Å². The normalized spacial score (nSPS) is 21.9. The van der Waals surface area contributed by atoms with E-state index in [9.17, 15) is 4.79 Å². The zero-order valence-corrected chi connectivity index (χ0v) is 17.6. The van der Waals surface area contributed by atoms with E-state index in [1.54, 1.807) is 0 Å². The Morgan fingerprint density at radius 3 is 2.58 bits per heavy atom. The van der Waals surface area contributed by atoms with Crippen LogP contribution in [0.2, 0.25) is 18.1 Å². The first kappa shape index (κ1) is 19.2. The number of Topliss-reactive ketones (excluding diaryl/α,β-unsaturated/α-hetero) is 1. The first-order chi connectivity index (χ1) is 12.2. The smallest absolute Gasteiger partial charge is 0.191 e. The highest BCUT2D eigenvalue weighted by molar-refractivity contribution is 6.74. The number of carbonyl (C=O) groups excluding carboxylic acids is 1. The van der Waals surface area contributed by atoms with Gasteiger partial charge in [0.25, 0.3) is 0 Å². The molecule has 1 fully saturated rings. The van der Waals surface area contributed by atoms with Crippen LogP contribution in [0.1, 0.15) is 56.9 Å². The Hall–Kier alpha value is -1.53. The predicted octanol–water partition coefficient (Wildman–Crippen LogP) is 4.97. The van der Waals surface area contributed by atoms with Crippen molar-refractivity contribution in [2.75, 3.05) is 6.61 Å². The van der Waals surface area contributed by atoms with E-state index in [0.29, 0.717) is 11.6 Å². The molecule has 0 aliphatic heterocycles. The van der Waals surface area contributed by atoms with Gasteiger partial charge in [0, 0.05) is 24.1 Å². The SMILES string of the molecule is CC(C)(C)[Si](C)(C)OC[C@H]1CC[C@@H](C(=O)c2ncnc3[nH]ccc23)CC1. The highest BCUT2D eigenvalue weighted by Gasteiger charge is 2.38. The van der Waals surface area contributed by atoms with E-state index in [0.717, 1.165) is 43.3 Å². The largest absolute Gasteiger partial charge is 0.417 e. The Morgan fingerprint density at radius 1 is 1.23 bits per heavy atom. The molecule has 0 amide bonds. The van der Waals surface area contributed by atoms with E-state index in [2.05, 4.69) is 48.8 Å². The third kappa shape index (κ3) is 3.91. The molecule has 2 aromatic rings. The number of hydrogen-bond donors (Lipinski definition) is 1. The highest BCUT2D eigenvalue weighted by atomic mass is 28.4. The molecule has 0 saturated heterocycles. The minimum absolute atomic E-state index is 0.0760. The van der Waals surface area contributed by atoms with Crippen molar-refractivity contribution in [3.63, 3.8) is 0 Å². The number of fused-ring (bicyclic) bond motifs is 1. The molecule has 3 rings (SSSR count). The van der Waals surface area contributed by atoms with Gasteiger partial charge in [0.1, 0.15) is 17.7 Å². The highest BCUT2D eigenvalue weighted by Crippen LogP contribution is 2.38. The van der Waals surface area contributed by atoms with Crippen molar-refractivity contribution >= 4 is 25.1 Å². The Bertz CT molecular complexity index is 771. The minimum atomic E-state index is -1.69. The van der Waals surface area contributed by atoms with Gasteiger partial charge in [-0.2, -0.15) is 0 Å². The lowest BCUT2D eigenvalue weighted by Gasteiger charge is -2.38. The Labute approximate surface area is 157 Å². The van der Waals surface area contributed by atoms with Crippen molar-refractivity contribution in [2.24, 2.45) is 11.8 Å². The minimum Gasteiger partial charge on any atom is -0.417 e. The maximum Gasteiger partial charge on any atom is 0.191 e. The number of ketones is 1. The molecule has 26 heavy (non-hydrogen) atoms. The van der Waals surface area contributed by atoms with Crippen LogP contribution in [-0.2, 0) is 4.43 Å². The van der Waals surface area contributed by atoms with E-state index >= 15 is 0 Å². The summed E-state index contributed by atoms with van der Waals surface area (Å²) in [6, 6.07) is 1.89. The Balaban J connectivity index is 1.57. The Morgan fingerprint density at radius 2 is 1.92 bits per heavy atom. The van der Waals surface area contributed by atoms with Crippen LogP contribution < -0.4 is 0 Å². The van der Waals surface area contributed by atoms with Crippen LogP contribution in [0, 0.1) is 11.8 Å². The number of nitrogens with zero attached hydrogens (tertiary/aromatic N) is 2.